The lowest BCUT2D eigenvalue weighted by molar-refractivity contribution is 0.157. The summed E-state index contributed by atoms with van der Waals surface area (Å²) in [7, 11) is -3.55. The number of hydrogen-bond acceptors (Lipinski definition) is 4. The molecule has 0 bridgehead atoms. The summed E-state index contributed by atoms with van der Waals surface area (Å²) in [6.45, 7) is 3.18. The second-order valence-electron chi connectivity index (χ2n) is 8.13. The highest BCUT2D eigenvalue weighted by Crippen LogP contribution is 2.42. The number of anilines is 1. The fraction of sp³-hybridized carbons (Fsp3) is 0.500. The summed E-state index contributed by atoms with van der Waals surface area (Å²) in [5.41, 5.74) is 3.62. The van der Waals surface area contributed by atoms with Crippen molar-refractivity contribution < 1.29 is 18.1 Å². The first-order valence-corrected chi connectivity index (χ1v) is 11.9. The molecule has 10 heteroatoms. The van der Waals surface area contributed by atoms with Crippen molar-refractivity contribution in [1.82, 2.24) is 9.78 Å². The van der Waals surface area contributed by atoms with Crippen LogP contribution >= 0.6 is 0 Å². The third kappa shape index (κ3) is 3.01. The first kappa shape index (κ1) is 19.5. The summed E-state index contributed by atoms with van der Waals surface area (Å²) in [5, 5.41) is 12.9. The van der Waals surface area contributed by atoms with Gasteiger partial charge in [-0.05, 0) is 60.8 Å². The highest BCUT2D eigenvalue weighted by atomic mass is 32.2. The van der Waals surface area contributed by atoms with Crippen molar-refractivity contribution in [2.24, 2.45) is 15.4 Å². The minimum Gasteiger partial charge on any atom is -0.477 e. The fourth-order valence-electron chi connectivity index (χ4n) is 4.55. The average molecular weight is 434 g/mol. The Morgan fingerprint density at radius 3 is 2.77 bits per heavy atom. The molecule has 30 heavy (non-hydrogen) atoms. The number of carbonyl (C=O) groups is 1. The number of benzene rings is 1. The number of urea groups is 1. The van der Waals surface area contributed by atoms with Crippen molar-refractivity contribution in [3.8, 4) is 5.88 Å². The van der Waals surface area contributed by atoms with E-state index in [0.717, 1.165) is 24.0 Å². The number of fused-ring (bicyclic) bond motifs is 3. The van der Waals surface area contributed by atoms with Gasteiger partial charge in [-0.1, -0.05) is 6.92 Å². The first-order valence-electron chi connectivity index (χ1n) is 10.3. The monoisotopic (exact) mass is 433 g/mol. The van der Waals surface area contributed by atoms with Crippen molar-refractivity contribution in [1.29, 1.82) is 0 Å². The SMILES string of the molecule is CCC1COc2c(S(N)(=O)=NC(=O)Nc3c4c(c(F)c5c3CC5)CCC4)cnn2C1. The summed E-state index contributed by atoms with van der Waals surface area (Å²) in [5.74, 6) is 0.490. The van der Waals surface area contributed by atoms with Gasteiger partial charge in [0.2, 0.25) is 5.88 Å². The average Bonchev–Trinajstić information content (AvgIpc) is 3.32. The zero-order valence-corrected chi connectivity index (χ0v) is 17.6. The number of halogens is 1. The fourth-order valence-corrected chi connectivity index (χ4v) is 5.55. The lowest BCUT2D eigenvalue weighted by Gasteiger charge is -2.26. The lowest BCUT2D eigenvalue weighted by Crippen LogP contribution is -2.27. The number of aromatic nitrogens is 2. The number of carbonyl (C=O) groups excluding carboxylic acids is 1. The quantitative estimate of drug-likeness (QED) is 0.775. The van der Waals surface area contributed by atoms with Gasteiger partial charge in [0.25, 0.3) is 0 Å². The molecule has 160 valence electrons. The molecular formula is C20H24FN5O3S. The van der Waals surface area contributed by atoms with E-state index >= 15 is 0 Å². The Morgan fingerprint density at radius 2 is 2.03 bits per heavy atom. The van der Waals surface area contributed by atoms with Gasteiger partial charge < -0.3 is 10.1 Å². The smallest absolute Gasteiger partial charge is 0.354 e. The van der Waals surface area contributed by atoms with E-state index in [1.165, 1.54) is 6.20 Å². The Labute approximate surface area is 174 Å². The van der Waals surface area contributed by atoms with Crippen LogP contribution in [-0.2, 0) is 42.1 Å². The molecule has 1 aromatic heterocycles. The third-order valence-corrected chi connectivity index (χ3v) is 7.68. The van der Waals surface area contributed by atoms with Crippen LogP contribution in [0.2, 0.25) is 0 Å². The normalized spacial score (nSPS) is 20.8. The number of nitrogens with zero attached hydrogens (tertiary/aromatic N) is 3. The van der Waals surface area contributed by atoms with Gasteiger partial charge in [-0.2, -0.15) is 5.10 Å². The Kier molecular flexibility index (Phi) is 4.59. The van der Waals surface area contributed by atoms with E-state index in [4.69, 9.17) is 9.88 Å². The van der Waals surface area contributed by atoms with E-state index < -0.39 is 15.9 Å². The third-order valence-electron chi connectivity index (χ3n) is 6.33. The van der Waals surface area contributed by atoms with Gasteiger partial charge in [-0.15, -0.1) is 4.36 Å². The van der Waals surface area contributed by atoms with E-state index in [2.05, 4.69) is 21.7 Å². The first-order chi connectivity index (χ1) is 14.4. The standard InChI is InChI=1S/C20H24FN5O3S/c1-2-11-9-26-19(29-10-11)16(8-23-26)30(22,28)25-20(27)24-18-14-5-3-4-12(14)17(21)13-6-7-15(13)18/h8,11H,2-7,9-10H2,1H3,(H3,22,24,25,27,28). The molecule has 0 radical (unpaired) electrons. The number of hydrogen-bond donors (Lipinski definition) is 2. The van der Waals surface area contributed by atoms with Crippen molar-refractivity contribution in [3.63, 3.8) is 0 Å². The molecule has 2 aliphatic carbocycles. The maximum absolute atomic E-state index is 14.6. The van der Waals surface area contributed by atoms with Gasteiger partial charge in [0.05, 0.1) is 19.3 Å². The molecule has 0 spiro atoms. The van der Waals surface area contributed by atoms with Crippen LogP contribution in [0.5, 0.6) is 5.88 Å². The van der Waals surface area contributed by atoms with E-state index in [-0.39, 0.29) is 10.7 Å². The van der Waals surface area contributed by atoms with E-state index in [1.54, 1.807) is 4.68 Å². The number of rotatable bonds is 3. The molecule has 0 saturated heterocycles. The van der Waals surface area contributed by atoms with E-state index in [0.29, 0.717) is 67.4 Å². The van der Waals surface area contributed by atoms with Gasteiger partial charge in [-0.3, -0.25) is 0 Å². The molecule has 2 aromatic rings. The molecule has 8 nitrogen and oxygen atoms in total. The molecular weight excluding hydrogens is 409 g/mol. The molecule has 3 N–H and O–H groups in total. The van der Waals surface area contributed by atoms with Crippen molar-refractivity contribution in [3.05, 3.63) is 34.3 Å². The predicted molar refractivity (Wildman–Crippen MR) is 109 cm³/mol. The van der Waals surface area contributed by atoms with Crippen LogP contribution in [0.25, 0.3) is 0 Å². The van der Waals surface area contributed by atoms with Crippen LogP contribution in [0.1, 0.15) is 42.0 Å². The molecule has 1 aliphatic heterocycles. The highest BCUT2D eigenvalue weighted by molar-refractivity contribution is 7.91. The summed E-state index contributed by atoms with van der Waals surface area (Å²) in [6.07, 6.45) is 5.89. The zero-order chi connectivity index (χ0) is 21.0. The lowest BCUT2D eigenvalue weighted by atomic mass is 9.83. The van der Waals surface area contributed by atoms with E-state index in [9.17, 15) is 13.4 Å². The number of ether oxygens (including phenoxy) is 1. The van der Waals surface area contributed by atoms with Gasteiger partial charge in [0, 0.05) is 11.6 Å². The Bertz CT molecular complexity index is 1180. The van der Waals surface area contributed by atoms with E-state index in [1.807, 2.05) is 0 Å². The minimum absolute atomic E-state index is 0.115. The Hall–Kier alpha value is -2.46. The molecule has 5 rings (SSSR count). The summed E-state index contributed by atoms with van der Waals surface area (Å²) >= 11 is 0. The molecule has 0 saturated carbocycles. The maximum Gasteiger partial charge on any atom is 0.354 e. The predicted octanol–water partition coefficient (Wildman–Crippen LogP) is 2.96. The van der Waals surface area contributed by atoms with Crippen LogP contribution in [-0.4, -0.2) is 26.6 Å². The van der Waals surface area contributed by atoms with Crippen molar-refractivity contribution >= 4 is 21.6 Å². The Morgan fingerprint density at radius 1 is 1.33 bits per heavy atom. The van der Waals surface area contributed by atoms with Crippen LogP contribution in [0.15, 0.2) is 15.5 Å². The number of nitrogens with one attached hydrogen (secondary N) is 1. The minimum atomic E-state index is -3.55. The number of amides is 2. The Balaban J connectivity index is 1.45. The van der Waals surface area contributed by atoms with Gasteiger partial charge in [0.15, 0.2) is 9.92 Å². The summed E-state index contributed by atoms with van der Waals surface area (Å²) < 4.78 is 38.7. The maximum atomic E-state index is 14.6. The molecule has 2 unspecified atom stereocenters. The van der Waals surface area contributed by atoms with Crippen molar-refractivity contribution in [2.45, 2.75) is 56.9 Å². The summed E-state index contributed by atoms with van der Waals surface area (Å²) in [6, 6.07) is -0.806. The van der Waals surface area contributed by atoms with Gasteiger partial charge in [-0.25, -0.2) is 23.2 Å². The molecule has 2 heterocycles. The second-order valence-corrected chi connectivity index (χ2v) is 9.89. The van der Waals surface area contributed by atoms with Crippen molar-refractivity contribution in [2.75, 3.05) is 11.9 Å². The van der Waals surface area contributed by atoms with Crippen LogP contribution in [0.4, 0.5) is 14.9 Å². The molecule has 0 fully saturated rings. The van der Waals surface area contributed by atoms with Crippen LogP contribution in [0.3, 0.4) is 0 Å². The second kappa shape index (κ2) is 7.05. The largest absolute Gasteiger partial charge is 0.477 e. The van der Waals surface area contributed by atoms with Crippen LogP contribution in [0, 0.1) is 11.7 Å². The molecule has 2 atom stereocenters. The highest BCUT2D eigenvalue weighted by Gasteiger charge is 2.32. The molecule has 1 aromatic carbocycles. The van der Waals surface area contributed by atoms with Crippen LogP contribution < -0.4 is 15.2 Å². The zero-order valence-electron chi connectivity index (χ0n) is 16.7. The number of nitrogens with two attached hydrogens (primary N) is 1. The molecule has 3 aliphatic rings. The van der Waals surface area contributed by atoms with Gasteiger partial charge in [0.1, 0.15) is 10.7 Å². The van der Waals surface area contributed by atoms with Gasteiger partial charge >= 0.3 is 6.03 Å². The molecule has 2 amide bonds. The summed E-state index contributed by atoms with van der Waals surface area (Å²) in [4.78, 5) is 12.8. The topological polar surface area (TPSA) is 112 Å².